The number of hydrogen-bond acceptors (Lipinski definition) is 3. The monoisotopic (exact) mass is 323 g/mol. The standard InChI is InChI=1S/C17H22ClNO3/c1-11-4-3-5-15(12(11)2)19-16(20)10-22-17(21)13-6-8-14(18)9-7-13/h6-9,11-12,15H,3-5,10H2,1-2H3,(H,19,20)/t11-,12+,15+/m0/s1. The Labute approximate surface area is 136 Å². The van der Waals surface area contributed by atoms with Crippen LogP contribution < -0.4 is 5.32 Å². The first-order chi connectivity index (χ1) is 10.5. The summed E-state index contributed by atoms with van der Waals surface area (Å²) in [4.78, 5) is 23.8. The van der Waals surface area contributed by atoms with Crippen molar-refractivity contribution in [2.75, 3.05) is 6.61 Å². The molecule has 0 unspecified atom stereocenters. The summed E-state index contributed by atoms with van der Waals surface area (Å²) in [6, 6.07) is 6.55. The molecule has 4 nitrogen and oxygen atoms in total. The number of halogens is 1. The van der Waals surface area contributed by atoms with E-state index in [4.69, 9.17) is 16.3 Å². The fourth-order valence-electron chi connectivity index (χ4n) is 2.83. The smallest absolute Gasteiger partial charge is 0.338 e. The summed E-state index contributed by atoms with van der Waals surface area (Å²) in [6.07, 6.45) is 3.32. The molecule has 0 saturated heterocycles. The molecule has 120 valence electrons. The summed E-state index contributed by atoms with van der Waals surface area (Å²) in [7, 11) is 0. The van der Waals surface area contributed by atoms with Crippen LogP contribution in [0.1, 0.15) is 43.5 Å². The maximum Gasteiger partial charge on any atom is 0.338 e. The molecule has 0 spiro atoms. The van der Waals surface area contributed by atoms with Crippen LogP contribution in [0.4, 0.5) is 0 Å². The number of carbonyl (C=O) groups is 2. The van der Waals surface area contributed by atoms with Gasteiger partial charge >= 0.3 is 5.97 Å². The summed E-state index contributed by atoms with van der Waals surface area (Å²) in [5.41, 5.74) is 0.386. The maximum atomic E-state index is 11.9. The average Bonchev–Trinajstić information content (AvgIpc) is 2.50. The lowest BCUT2D eigenvalue weighted by molar-refractivity contribution is -0.125. The summed E-state index contributed by atoms with van der Waals surface area (Å²) in [6.45, 7) is 4.12. The van der Waals surface area contributed by atoms with E-state index in [0.29, 0.717) is 22.4 Å². The molecule has 0 aliphatic heterocycles. The molecule has 0 heterocycles. The van der Waals surface area contributed by atoms with Crippen molar-refractivity contribution < 1.29 is 14.3 Å². The Morgan fingerprint density at radius 1 is 1.23 bits per heavy atom. The molecule has 1 saturated carbocycles. The molecule has 1 fully saturated rings. The first-order valence-electron chi connectivity index (χ1n) is 7.69. The highest BCUT2D eigenvalue weighted by molar-refractivity contribution is 6.30. The molecule has 0 bridgehead atoms. The topological polar surface area (TPSA) is 55.4 Å². The SMILES string of the molecule is C[C@@H]1[C@@H](C)CCC[C@H]1NC(=O)COC(=O)c1ccc(Cl)cc1. The second kappa shape index (κ2) is 7.63. The van der Waals surface area contributed by atoms with Crippen LogP contribution in [0, 0.1) is 11.8 Å². The molecule has 5 heteroatoms. The molecular weight excluding hydrogens is 302 g/mol. The third-order valence-corrected chi connectivity index (χ3v) is 4.72. The summed E-state index contributed by atoms with van der Waals surface area (Å²) >= 11 is 5.76. The van der Waals surface area contributed by atoms with Gasteiger partial charge in [-0.25, -0.2) is 4.79 Å². The van der Waals surface area contributed by atoms with E-state index >= 15 is 0 Å². The highest BCUT2D eigenvalue weighted by atomic mass is 35.5. The highest BCUT2D eigenvalue weighted by Gasteiger charge is 2.28. The van der Waals surface area contributed by atoms with E-state index in [-0.39, 0.29) is 18.6 Å². The summed E-state index contributed by atoms with van der Waals surface area (Å²) in [5, 5.41) is 3.53. The molecule has 0 radical (unpaired) electrons. The molecular formula is C17H22ClNO3. The van der Waals surface area contributed by atoms with Gasteiger partial charge in [0.15, 0.2) is 6.61 Å². The van der Waals surface area contributed by atoms with Gasteiger partial charge in [-0.05, 0) is 42.5 Å². The van der Waals surface area contributed by atoms with Gasteiger partial charge in [0.2, 0.25) is 0 Å². The van der Waals surface area contributed by atoms with Gasteiger partial charge in [-0.15, -0.1) is 0 Å². The van der Waals surface area contributed by atoms with Crippen LogP contribution in [0.3, 0.4) is 0 Å². The second-order valence-corrected chi connectivity index (χ2v) is 6.46. The minimum Gasteiger partial charge on any atom is -0.452 e. The molecule has 1 aliphatic carbocycles. The molecule has 3 atom stereocenters. The maximum absolute atomic E-state index is 11.9. The molecule has 0 aromatic heterocycles. The van der Waals surface area contributed by atoms with Crippen molar-refractivity contribution in [2.45, 2.75) is 39.2 Å². The number of benzene rings is 1. The summed E-state index contributed by atoms with van der Waals surface area (Å²) < 4.78 is 5.04. The number of nitrogens with one attached hydrogen (secondary N) is 1. The van der Waals surface area contributed by atoms with Gasteiger partial charge in [0.05, 0.1) is 5.56 Å². The van der Waals surface area contributed by atoms with E-state index in [9.17, 15) is 9.59 Å². The average molecular weight is 324 g/mol. The third-order valence-electron chi connectivity index (χ3n) is 4.47. The van der Waals surface area contributed by atoms with E-state index in [1.165, 1.54) is 6.42 Å². The van der Waals surface area contributed by atoms with Gasteiger partial charge < -0.3 is 10.1 Å². The van der Waals surface area contributed by atoms with E-state index in [1.54, 1.807) is 24.3 Å². The minimum absolute atomic E-state index is 0.172. The molecule has 1 aromatic rings. The Hall–Kier alpha value is -1.55. The Balaban J connectivity index is 1.80. The number of hydrogen-bond donors (Lipinski definition) is 1. The van der Waals surface area contributed by atoms with Gasteiger partial charge in [0.1, 0.15) is 0 Å². The van der Waals surface area contributed by atoms with E-state index in [1.807, 2.05) is 0 Å². The van der Waals surface area contributed by atoms with Gasteiger partial charge in [-0.3, -0.25) is 4.79 Å². The molecule has 1 aliphatic rings. The van der Waals surface area contributed by atoms with Crippen molar-refractivity contribution in [1.82, 2.24) is 5.32 Å². The third kappa shape index (κ3) is 4.47. The normalized spacial score (nSPS) is 24.6. The first-order valence-corrected chi connectivity index (χ1v) is 8.07. The van der Waals surface area contributed by atoms with Crippen LogP contribution in [0.25, 0.3) is 0 Å². The van der Waals surface area contributed by atoms with Crippen LogP contribution >= 0.6 is 11.6 Å². The van der Waals surface area contributed by atoms with Crippen molar-refractivity contribution in [3.8, 4) is 0 Å². The fraction of sp³-hybridized carbons (Fsp3) is 0.529. The van der Waals surface area contributed by atoms with Crippen molar-refractivity contribution in [1.29, 1.82) is 0 Å². The predicted octanol–water partition coefficient (Wildman–Crippen LogP) is 3.44. The molecule has 1 N–H and O–H groups in total. The van der Waals surface area contributed by atoms with Gasteiger partial charge in [-0.2, -0.15) is 0 Å². The van der Waals surface area contributed by atoms with Crippen LogP contribution in [0.15, 0.2) is 24.3 Å². The van der Waals surface area contributed by atoms with E-state index in [2.05, 4.69) is 19.2 Å². The van der Waals surface area contributed by atoms with Crippen molar-refractivity contribution in [3.63, 3.8) is 0 Å². The molecule has 1 aromatic carbocycles. The van der Waals surface area contributed by atoms with Gasteiger partial charge in [0.25, 0.3) is 5.91 Å². The molecule has 1 amide bonds. The zero-order valence-electron chi connectivity index (χ0n) is 13.0. The van der Waals surface area contributed by atoms with Crippen LogP contribution in [-0.2, 0) is 9.53 Å². The van der Waals surface area contributed by atoms with Crippen LogP contribution in [0.5, 0.6) is 0 Å². The van der Waals surface area contributed by atoms with Crippen molar-refractivity contribution in [2.24, 2.45) is 11.8 Å². The number of carbonyl (C=O) groups excluding carboxylic acids is 2. The van der Waals surface area contributed by atoms with Crippen LogP contribution in [0.2, 0.25) is 5.02 Å². The first kappa shape index (κ1) is 16.8. The van der Waals surface area contributed by atoms with Crippen LogP contribution in [-0.4, -0.2) is 24.5 Å². The number of rotatable bonds is 4. The Morgan fingerprint density at radius 3 is 2.59 bits per heavy atom. The van der Waals surface area contributed by atoms with Gasteiger partial charge in [-0.1, -0.05) is 38.3 Å². The number of ether oxygens (including phenoxy) is 1. The van der Waals surface area contributed by atoms with E-state index < -0.39 is 5.97 Å². The molecule has 22 heavy (non-hydrogen) atoms. The zero-order valence-corrected chi connectivity index (χ0v) is 13.7. The lowest BCUT2D eigenvalue weighted by atomic mass is 9.78. The summed E-state index contributed by atoms with van der Waals surface area (Å²) in [5.74, 6) is 0.297. The predicted molar refractivity (Wildman–Crippen MR) is 85.8 cm³/mol. The largest absolute Gasteiger partial charge is 0.452 e. The lowest BCUT2D eigenvalue weighted by Gasteiger charge is -2.34. The minimum atomic E-state index is -0.517. The van der Waals surface area contributed by atoms with Crippen molar-refractivity contribution >= 4 is 23.5 Å². The molecule has 2 rings (SSSR count). The number of amides is 1. The van der Waals surface area contributed by atoms with E-state index in [0.717, 1.165) is 12.8 Å². The Bertz CT molecular complexity index is 529. The second-order valence-electron chi connectivity index (χ2n) is 6.02. The Kier molecular flexibility index (Phi) is 5.83. The highest BCUT2D eigenvalue weighted by Crippen LogP contribution is 2.29. The zero-order chi connectivity index (χ0) is 16.1. The van der Waals surface area contributed by atoms with Gasteiger partial charge in [0, 0.05) is 11.1 Å². The lowest BCUT2D eigenvalue weighted by Crippen LogP contribution is -2.45. The van der Waals surface area contributed by atoms with Crippen molar-refractivity contribution in [3.05, 3.63) is 34.9 Å². The Morgan fingerprint density at radius 2 is 1.91 bits per heavy atom. The fourth-order valence-corrected chi connectivity index (χ4v) is 2.96. The quantitative estimate of drug-likeness (QED) is 0.864. The number of esters is 1.